The van der Waals surface area contributed by atoms with E-state index < -0.39 is 12.1 Å². The van der Waals surface area contributed by atoms with Crippen LogP contribution in [0.1, 0.15) is 12.5 Å². The predicted molar refractivity (Wildman–Crippen MR) is 100 cm³/mol. The fraction of sp³-hybridized carbons (Fsp3) is 0.263. The summed E-state index contributed by atoms with van der Waals surface area (Å²) in [6.45, 7) is 1.78. The van der Waals surface area contributed by atoms with Crippen LogP contribution in [-0.2, 0) is 20.7 Å². The summed E-state index contributed by atoms with van der Waals surface area (Å²) in [6, 6.07) is 12.4. The van der Waals surface area contributed by atoms with Crippen molar-refractivity contribution in [2.75, 3.05) is 18.1 Å². The number of esters is 1. The van der Waals surface area contributed by atoms with Crippen molar-refractivity contribution in [3.63, 3.8) is 0 Å². The number of benzene rings is 2. The number of rotatable bonds is 5. The molecule has 0 fully saturated rings. The molecule has 2 aromatic carbocycles. The first-order valence-electron chi connectivity index (χ1n) is 8.12. The SMILES string of the molecule is CC(Oc1ccc(Cl)cc1Cl)C(=O)OCC(=O)N1CCc2ccccc21. The number of amides is 1. The van der Waals surface area contributed by atoms with Crippen LogP contribution in [0.25, 0.3) is 0 Å². The quantitative estimate of drug-likeness (QED) is 0.722. The molecule has 26 heavy (non-hydrogen) atoms. The molecule has 1 heterocycles. The lowest BCUT2D eigenvalue weighted by Gasteiger charge is -2.18. The first-order chi connectivity index (χ1) is 12.5. The van der Waals surface area contributed by atoms with Gasteiger partial charge in [0.25, 0.3) is 5.91 Å². The highest BCUT2D eigenvalue weighted by molar-refractivity contribution is 6.35. The third-order valence-electron chi connectivity index (χ3n) is 4.06. The normalized spacial score (nSPS) is 13.9. The number of carbonyl (C=O) groups is 2. The van der Waals surface area contributed by atoms with Crippen molar-refractivity contribution in [3.8, 4) is 5.75 Å². The Morgan fingerprint density at radius 2 is 1.96 bits per heavy atom. The number of nitrogens with zero attached hydrogens (tertiary/aromatic N) is 1. The molecule has 0 spiro atoms. The Labute approximate surface area is 161 Å². The second-order valence-electron chi connectivity index (χ2n) is 5.87. The molecule has 1 aliphatic rings. The maximum absolute atomic E-state index is 12.4. The number of halogens is 2. The third-order valence-corrected chi connectivity index (χ3v) is 4.59. The van der Waals surface area contributed by atoms with Crippen molar-refractivity contribution >= 4 is 40.8 Å². The Morgan fingerprint density at radius 3 is 2.73 bits per heavy atom. The lowest BCUT2D eigenvalue weighted by molar-refractivity contribution is -0.154. The van der Waals surface area contributed by atoms with Gasteiger partial charge < -0.3 is 14.4 Å². The first-order valence-corrected chi connectivity index (χ1v) is 8.88. The fourth-order valence-electron chi connectivity index (χ4n) is 2.73. The zero-order valence-electron chi connectivity index (χ0n) is 14.1. The Hall–Kier alpha value is -2.24. The first kappa shape index (κ1) is 18.5. The largest absolute Gasteiger partial charge is 0.477 e. The van der Waals surface area contributed by atoms with Crippen LogP contribution in [0.4, 0.5) is 5.69 Å². The van der Waals surface area contributed by atoms with E-state index in [9.17, 15) is 9.59 Å². The molecule has 136 valence electrons. The Balaban J connectivity index is 1.54. The van der Waals surface area contributed by atoms with E-state index in [4.69, 9.17) is 32.7 Å². The molecule has 1 amide bonds. The molecule has 0 saturated carbocycles. The van der Waals surface area contributed by atoms with Crippen molar-refractivity contribution in [1.29, 1.82) is 0 Å². The fourth-order valence-corrected chi connectivity index (χ4v) is 3.19. The summed E-state index contributed by atoms with van der Waals surface area (Å²) < 4.78 is 10.6. The summed E-state index contributed by atoms with van der Waals surface area (Å²) in [7, 11) is 0. The van der Waals surface area contributed by atoms with Gasteiger partial charge in [0, 0.05) is 17.3 Å². The summed E-state index contributed by atoms with van der Waals surface area (Å²) in [6.07, 6.45) is -0.114. The summed E-state index contributed by atoms with van der Waals surface area (Å²) in [5.74, 6) is -0.586. The summed E-state index contributed by atoms with van der Waals surface area (Å²) in [5.41, 5.74) is 1.98. The van der Waals surface area contributed by atoms with E-state index in [1.54, 1.807) is 17.0 Å². The molecular formula is C19H17Cl2NO4. The summed E-state index contributed by atoms with van der Waals surface area (Å²) in [5, 5.41) is 0.760. The number of para-hydroxylation sites is 1. The monoisotopic (exact) mass is 393 g/mol. The van der Waals surface area contributed by atoms with E-state index in [0.717, 1.165) is 17.7 Å². The minimum atomic E-state index is -0.910. The molecule has 0 aromatic heterocycles. The smallest absolute Gasteiger partial charge is 0.347 e. The summed E-state index contributed by atoms with van der Waals surface area (Å²) in [4.78, 5) is 26.1. The average molecular weight is 394 g/mol. The Kier molecular flexibility index (Phi) is 5.69. The van der Waals surface area contributed by atoms with E-state index in [0.29, 0.717) is 22.3 Å². The van der Waals surface area contributed by atoms with Gasteiger partial charge in [0.1, 0.15) is 5.75 Å². The van der Waals surface area contributed by atoms with Crippen molar-refractivity contribution < 1.29 is 19.1 Å². The average Bonchev–Trinajstić information content (AvgIpc) is 3.06. The van der Waals surface area contributed by atoms with Crippen LogP contribution in [0.15, 0.2) is 42.5 Å². The van der Waals surface area contributed by atoms with Gasteiger partial charge in [-0.05, 0) is 43.2 Å². The molecule has 0 bridgehead atoms. The Bertz CT molecular complexity index is 840. The van der Waals surface area contributed by atoms with Crippen LogP contribution >= 0.6 is 23.2 Å². The molecule has 0 saturated heterocycles. The highest BCUT2D eigenvalue weighted by atomic mass is 35.5. The lowest BCUT2D eigenvalue weighted by Crippen LogP contribution is -2.35. The molecule has 0 aliphatic carbocycles. The molecule has 0 radical (unpaired) electrons. The standard InChI is InChI=1S/C19H17Cl2NO4/c1-12(26-17-7-6-14(20)10-15(17)21)19(24)25-11-18(23)22-9-8-13-4-2-3-5-16(13)22/h2-7,10,12H,8-9,11H2,1H3. The lowest BCUT2D eigenvalue weighted by atomic mass is 10.2. The van der Waals surface area contributed by atoms with Crippen molar-refractivity contribution in [3.05, 3.63) is 58.1 Å². The van der Waals surface area contributed by atoms with E-state index >= 15 is 0 Å². The second kappa shape index (κ2) is 7.98. The van der Waals surface area contributed by atoms with Crippen LogP contribution in [0.5, 0.6) is 5.75 Å². The van der Waals surface area contributed by atoms with E-state index in [1.165, 1.54) is 13.0 Å². The topological polar surface area (TPSA) is 55.8 Å². The number of hydrogen-bond donors (Lipinski definition) is 0. The maximum Gasteiger partial charge on any atom is 0.347 e. The van der Waals surface area contributed by atoms with Gasteiger partial charge in [-0.2, -0.15) is 0 Å². The second-order valence-corrected chi connectivity index (χ2v) is 6.71. The highest BCUT2D eigenvalue weighted by Gasteiger charge is 2.26. The van der Waals surface area contributed by atoms with Gasteiger partial charge in [0.15, 0.2) is 12.7 Å². The number of hydrogen-bond acceptors (Lipinski definition) is 4. The van der Waals surface area contributed by atoms with Gasteiger partial charge in [-0.3, -0.25) is 4.79 Å². The van der Waals surface area contributed by atoms with E-state index in [2.05, 4.69) is 0 Å². The van der Waals surface area contributed by atoms with Crippen LogP contribution in [0.2, 0.25) is 10.0 Å². The molecular weight excluding hydrogens is 377 g/mol. The zero-order valence-corrected chi connectivity index (χ0v) is 15.6. The number of anilines is 1. The molecule has 7 heteroatoms. The zero-order chi connectivity index (χ0) is 18.7. The molecule has 1 unspecified atom stereocenters. The van der Waals surface area contributed by atoms with E-state index in [-0.39, 0.29) is 12.5 Å². The molecule has 1 atom stereocenters. The van der Waals surface area contributed by atoms with Crippen LogP contribution in [0.3, 0.4) is 0 Å². The predicted octanol–water partition coefficient (Wildman–Crippen LogP) is 3.89. The molecule has 5 nitrogen and oxygen atoms in total. The number of fused-ring (bicyclic) bond motifs is 1. The Morgan fingerprint density at radius 1 is 1.19 bits per heavy atom. The van der Waals surface area contributed by atoms with Crippen molar-refractivity contribution in [1.82, 2.24) is 0 Å². The number of carbonyl (C=O) groups excluding carboxylic acids is 2. The summed E-state index contributed by atoms with van der Waals surface area (Å²) >= 11 is 11.8. The number of ether oxygens (including phenoxy) is 2. The van der Waals surface area contributed by atoms with Crippen molar-refractivity contribution in [2.24, 2.45) is 0 Å². The third kappa shape index (κ3) is 4.11. The van der Waals surface area contributed by atoms with Gasteiger partial charge in [-0.15, -0.1) is 0 Å². The molecule has 2 aromatic rings. The van der Waals surface area contributed by atoms with Gasteiger partial charge in [-0.1, -0.05) is 41.4 Å². The van der Waals surface area contributed by atoms with Crippen LogP contribution in [-0.4, -0.2) is 31.1 Å². The highest BCUT2D eigenvalue weighted by Crippen LogP contribution is 2.29. The molecule has 1 aliphatic heterocycles. The van der Waals surface area contributed by atoms with Gasteiger partial charge in [-0.25, -0.2) is 4.79 Å². The molecule has 3 rings (SSSR count). The minimum Gasteiger partial charge on any atom is -0.477 e. The maximum atomic E-state index is 12.4. The van der Waals surface area contributed by atoms with Gasteiger partial charge in [0.05, 0.1) is 5.02 Å². The van der Waals surface area contributed by atoms with Gasteiger partial charge >= 0.3 is 5.97 Å². The van der Waals surface area contributed by atoms with Gasteiger partial charge in [0.2, 0.25) is 0 Å². The van der Waals surface area contributed by atoms with Crippen molar-refractivity contribution in [2.45, 2.75) is 19.4 Å². The minimum absolute atomic E-state index is 0.264. The van der Waals surface area contributed by atoms with Crippen LogP contribution < -0.4 is 9.64 Å². The molecule has 0 N–H and O–H groups in total. The van der Waals surface area contributed by atoms with Crippen LogP contribution in [0, 0.1) is 0 Å². The van der Waals surface area contributed by atoms with E-state index in [1.807, 2.05) is 24.3 Å².